The number of aromatic nitrogens is 2. The Kier molecular flexibility index (Phi) is 3.99. The van der Waals surface area contributed by atoms with Crippen molar-refractivity contribution >= 4 is 0 Å². The van der Waals surface area contributed by atoms with Gasteiger partial charge in [0.05, 0.1) is 5.69 Å². The lowest BCUT2D eigenvalue weighted by Gasteiger charge is -2.10. The summed E-state index contributed by atoms with van der Waals surface area (Å²) in [6.45, 7) is 2.61. The van der Waals surface area contributed by atoms with Crippen LogP contribution in [0.4, 0.5) is 4.39 Å². The molecule has 1 aromatic carbocycles. The van der Waals surface area contributed by atoms with E-state index in [0.717, 1.165) is 6.42 Å². The molecule has 0 saturated heterocycles. The molecule has 0 spiro atoms. The van der Waals surface area contributed by atoms with Crippen molar-refractivity contribution in [3.63, 3.8) is 0 Å². The van der Waals surface area contributed by atoms with Gasteiger partial charge in [0, 0.05) is 17.7 Å². The summed E-state index contributed by atoms with van der Waals surface area (Å²) in [6, 6.07) is 8.33. The number of hydrogen-bond donors (Lipinski definition) is 1. The zero-order chi connectivity index (χ0) is 13.0. The molecular weight excluding hydrogens is 229 g/mol. The van der Waals surface area contributed by atoms with Crippen LogP contribution in [0.2, 0.25) is 0 Å². The third-order valence-electron chi connectivity index (χ3n) is 2.86. The fourth-order valence-corrected chi connectivity index (χ4v) is 1.81. The van der Waals surface area contributed by atoms with Crippen molar-refractivity contribution in [1.29, 1.82) is 0 Å². The SMILES string of the molecule is CC(CCN)c1nccc(-c2ccccc2F)n1. The van der Waals surface area contributed by atoms with Crippen LogP contribution in [0, 0.1) is 5.82 Å². The molecule has 0 bridgehead atoms. The van der Waals surface area contributed by atoms with Gasteiger partial charge in [0.2, 0.25) is 0 Å². The van der Waals surface area contributed by atoms with Crippen LogP contribution in [0.3, 0.4) is 0 Å². The number of benzene rings is 1. The summed E-state index contributed by atoms with van der Waals surface area (Å²) in [5, 5.41) is 0. The normalized spacial score (nSPS) is 12.4. The summed E-state index contributed by atoms with van der Waals surface area (Å²) in [4.78, 5) is 8.64. The molecule has 0 radical (unpaired) electrons. The molecule has 1 atom stereocenters. The van der Waals surface area contributed by atoms with E-state index in [-0.39, 0.29) is 11.7 Å². The minimum Gasteiger partial charge on any atom is -0.330 e. The van der Waals surface area contributed by atoms with E-state index in [9.17, 15) is 4.39 Å². The second-order valence-corrected chi connectivity index (χ2v) is 4.26. The fraction of sp³-hybridized carbons (Fsp3) is 0.286. The van der Waals surface area contributed by atoms with Crippen LogP contribution >= 0.6 is 0 Å². The van der Waals surface area contributed by atoms with Gasteiger partial charge in [-0.3, -0.25) is 0 Å². The zero-order valence-corrected chi connectivity index (χ0v) is 10.3. The Hall–Kier alpha value is -1.81. The van der Waals surface area contributed by atoms with E-state index in [4.69, 9.17) is 5.73 Å². The number of halogens is 1. The van der Waals surface area contributed by atoms with Crippen LogP contribution in [0.5, 0.6) is 0 Å². The first-order valence-corrected chi connectivity index (χ1v) is 6.00. The van der Waals surface area contributed by atoms with Crippen LogP contribution in [-0.2, 0) is 0 Å². The summed E-state index contributed by atoms with van der Waals surface area (Å²) < 4.78 is 13.7. The van der Waals surface area contributed by atoms with E-state index in [2.05, 4.69) is 9.97 Å². The average molecular weight is 245 g/mol. The van der Waals surface area contributed by atoms with Gasteiger partial charge in [-0.2, -0.15) is 0 Å². The van der Waals surface area contributed by atoms with E-state index < -0.39 is 0 Å². The molecule has 18 heavy (non-hydrogen) atoms. The standard InChI is InChI=1S/C14H16FN3/c1-10(6-8-16)14-17-9-7-13(18-14)11-4-2-3-5-12(11)15/h2-5,7,9-10H,6,8,16H2,1H3. The molecule has 1 aromatic heterocycles. The Morgan fingerprint density at radius 3 is 2.78 bits per heavy atom. The molecule has 0 saturated carbocycles. The molecule has 0 aliphatic rings. The molecule has 0 aliphatic heterocycles. The minimum atomic E-state index is -0.270. The van der Waals surface area contributed by atoms with Gasteiger partial charge in [0.25, 0.3) is 0 Å². The molecule has 0 aliphatic carbocycles. The number of hydrogen-bond acceptors (Lipinski definition) is 3. The van der Waals surface area contributed by atoms with Crippen molar-refractivity contribution in [1.82, 2.24) is 9.97 Å². The van der Waals surface area contributed by atoms with Crippen LogP contribution < -0.4 is 5.73 Å². The van der Waals surface area contributed by atoms with Gasteiger partial charge in [-0.15, -0.1) is 0 Å². The molecule has 0 fully saturated rings. The van der Waals surface area contributed by atoms with Gasteiger partial charge in [-0.05, 0) is 31.2 Å². The molecule has 2 aromatic rings. The zero-order valence-electron chi connectivity index (χ0n) is 10.3. The molecule has 2 N–H and O–H groups in total. The van der Waals surface area contributed by atoms with Gasteiger partial charge in [-0.25, -0.2) is 14.4 Å². The molecule has 4 heteroatoms. The topological polar surface area (TPSA) is 51.8 Å². The Bertz CT molecular complexity index is 528. The second kappa shape index (κ2) is 5.69. The van der Waals surface area contributed by atoms with Crippen molar-refractivity contribution in [2.45, 2.75) is 19.3 Å². The Labute approximate surface area is 106 Å². The van der Waals surface area contributed by atoms with Crippen molar-refractivity contribution in [2.75, 3.05) is 6.54 Å². The maximum Gasteiger partial charge on any atom is 0.132 e. The molecular formula is C14H16FN3. The first-order chi connectivity index (χ1) is 8.72. The summed E-state index contributed by atoms with van der Waals surface area (Å²) in [6.07, 6.45) is 2.48. The Morgan fingerprint density at radius 1 is 1.28 bits per heavy atom. The third kappa shape index (κ3) is 2.71. The van der Waals surface area contributed by atoms with Crippen LogP contribution in [0.1, 0.15) is 25.1 Å². The monoisotopic (exact) mass is 245 g/mol. The van der Waals surface area contributed by atoms with Gasteiger partial charge < -0.3 is 5.73 Å². The summed E-state index contributed by atoms with van der Waals surface area (Å²) in [7, 11) is 0. The Morgan fingerprint density at radius 2 is 2.06 bits per heavy atom. The quantitative estimate of drug-likeness (QED) is 0.901. The molecule has 94 valence electrons. The molecule has 1 heterocycles. The largest absolute Gasteiger partial charge is 0.330 e. The third-order valence-corrected chi connectivity index (χ3v) is 2.86. The average Bonchev–Trinajstić information content (AvgIpc) is 2.40. The van der Waals surface area contributed by atoms with Crippen molar-refractivity contribution in [3.8, 4) is 11.3 Å². The predicted molar refractivity (Wildman–Crippen MR) is 69.5 cm³/mol. The van der Waals surface area contributed by atoms with E-state index >= 15 is 0 Å². The maximum atomic E-state index is 13.7. The molecule has 0 amide bonds. The highest BCUT2D eigenvalue weighted by Crippen LogP contribution is 2.22. The second-order valence-electron chi connectivity index (χ2n) is 4.26. The first-order valence-electron chi connectivity index (χ1n) is 6.00. The van der Waals surface area contributed by atoms with E-state index in [1.165, 1.54) is 6.07 Å². The van der Waals surface area contributed by atoms with Gasteiger partial charge in [-0.1, -0.05) is 19.1 Å². The number of nitrogens with two attached hydrogens (primary N) is 1. The predicted octanol–water partition coefficient (Wildman–Crippen LogP) is 2.74. The molecule has 3 nitrogen and oxygen atoms in total. The minimum absolute atomic E-state index is 0.182. The highest BCUT2D eigenvalue weighted by atomic mass is 19.1. The summed E-state index contributed by atoms with van der Waals surface area (Å²) in [5.74, 6) is 0.622. The lowest BCUT2D eigenvalue weighted by Crippen LogP contribution is -2.08. The molecule has 2 rings (SSSR count). The van der Waals surface area contributed by atoms with E-state index in [1.807, 2.05) is 6.92 Å². The van der Waals surface area contributed by atoms with Crippen LogP contribution in [0.15, 0.2) is 36.5 Å². The highest BCUT2D eigenvalue weighted by Gasteiger charge is 2.11. The number of rotatable bonds is 4. The lowest BCUT2D eigenvalue weighted by atomic mass is 10.1. The van der Waals surface area contributed by atoms with E-state index in [0.29, 0.717) is 23.6 Å². The van der Waals surface area contributed by atoms with Crippen molar-refractivity contribution < 1.29 is 4.39 Å². The summed E-state index contributed by atoms with van der Waals surface area (Å²) >= 11 is 0. The Balaban J connectivity index is 2.36. The fourth-order valence-electron chi connectivity index (χ4n) is 1.81. The van der Waals surface area contributed by atoms with Crippen LogP contribution in [0.25, 0.3) is 11.3 Å². The van der Waals surface area contributed by atoms with Gasteiger partial charge in [0.1, 0.15) is 11.6 Å². The van der Waals surface area contributed by atoms with Crippen molar-refractivity contribution in [3.05, 3.63) is 48.2 Å². The van der Waals surface area contributed by atoms with Crippen molar-refractivity contribution in [2.24, 2.45) is 5.73 Å². The highest BCUT2D eigenvalue weighted by molar-refractivity contribution is 5.59. The summed E-state index contributed by atoms with van der Waals surface area (Å²) in [5.41, 5.74) is 6.64. The smallest absolute Gasteiger partial charge is 0.132 e. The van der Waals surface area contributed by atoms with Crippen LogP contribution in [-0.4, -0.2) is 16.5 Å². The first kappa shape index (κ1) is 12.6. The maximum absolute atomic E-state index is 13.7. The molecule has 1 unspecified atom stereocenters. The van der Waals surface area contributed by atoms with E-state index in [1.54, 1.807) is 30.5 Å². The van der Waals surface area contributed by atoms with Gasteiger partial charge >= 0.3 is 0 Å². The lowest BCUT2D eigenvalue weighted by molar-refractivity contribution is 0.628. The number of nitrogens with zero attached hydrogens (tertiary/aromatic N) is 2. The van der Waals surface area contributed by atoms with Gasteiger partial charge in [0.15, 0.2) is 0 Å².